The number of aromatic nitrogens is 2. The van der Waals surface area contributed by atoms with E-state index in [1.807, 2.05) is 30.3 Å². The average Bonchev–Trinajstić information content (AvgIpc) is 2.74. The number of ketones is 1. The van der Waals surface area contributed by atoms with Crippen molar-refractivity contribution in [1.29, 1.82) is 0 Å². The Kier molecular flexibility index (Phi) is 4.85. The van der Waals surface area contributed by atoms with E-state index in [9.17, 15) is 9.59 Å². The summed E-state index contributed by atoms with van der Waals surface area (Å²) in [4.78, 5) is 33.5. The second kappa shape index (κ2) is 7.60. The molecule has 0 saturated carbocycles. The molecule has 140 valence electrons. The number of rotatable bonds is 4. The average molecular weight is 373 g/mol. The van der Waals surface area contributed by atoms with E-state index in [-0.39, 0.29) is 23.6 Å². The van der Waals surface area contributed by atoms with Crippen LogP contribution in [0.5, 0.6) is 5.75 Å². The first-order chi connectivity index (χ1) is 13.6. The van der Waals surface area contributed by atoms with Crippen molar-refractivity contribution in [2.45, 2.75) is 18.8 Å². The standard InChI is InChI=1S/C22H19N3O3/c1-28-17-9-7-15(8-10-17)21(27)25-22-23-13-18-19(24-22)11-16(12-20(18)26)14-5-3-2-4-6-14/h2-10,13,16H,11-12H2,1H3,(H,23,24,25,27)/t16-/m1/s1. The van der Waals surface area contributed by atoms with Crippen molar-refractivity contribution in [3.05, 3.63) is 83.2 Å². The fourth-order valence-corrected chi connectivity index (χ4v) is 3.38. The maximum absolute atomic E-state index is 12.5. The Morgan fingerprint density at radius 2 is 1.82 bits per heavy atom. The van der Waals surface area contributed by atoms with Crippen molar-refractivity contribution < 1.29 is 14.3 Å². The predicted octanol–water partition coefficient (Wildman–Crippen LogP) is 3.65. The van der Waals surface area contributed by atoms with Crippen LogP contribution in [0.15, 0.2) is 60.8 Å². The van der Waals surface area contributed by atoms with Gasteiger partial charge in [0, 0.05) is 18.2 Å². The van der Waals surface area contributed by atoms with Gasteiger partial charge >= 0.3 is 0 Å². The van der Waals surface area contributed by atoms with E-state index in [4.69, 9.17) is 4.74 Å². The highest BCUT2D eigenvalue weighted by molar-refractivity contribution is 6.03. The number of hydrogen-bond acceptors (Lipinski definition) is 5. The van der Waals surface area contributed by atoms with Gasteiger partial charge in [0.05, 0.1) is 18.4 Å². The molecule has 0 saturated heterocycles. The van der Waals surface area contributed by atoms with Crippen molar-refractivity contribution in [1.82, 2.24) is 9.97 Å². The Morgan fingerprint density at radius 3 is 2.54 bits per heavy atom. The Balaban J connectivity index is 1.54. The second-order valence-corrected chi connectivity index (χ2v) is 6.68. The summed E-state index contributed by atoms with van der Waals surface area (Å²) >= 11 is 0. The highest BCUT2D eigenvalue weighted by Crippen LogP contribution is 2.31. The molecule has 0 radical (unpaired) electrons. The molecule has 2 aromatic carbocycles. The molecule has 0 fully saturated rings. The van der Waals surface area contributed by atoms with Gasteiger partial charge in [-0.25, -0.2) is 9.97 Å². The van der Waals surface area contributed by atoms with Crippen LogP contribution in [0.4, 0.5) is 5.95 Å². The molecule has 1 heterocycles. The number of carbonyl (C=O) groups excluding carboxylic acids is 2. The van der Waals surface area contributed by atoms with Gasteiger partial charge in [-0.3, -0.25) is 14.9 Å². The lowest BCUT2D eigenvalue weighted by Crippen LogP contribution is -2.22. The van der Waals surface area contributed by atoms with Crippen LogP contribution in [0.3, 0.4) is 0 Å². The molecule has 1 amide bonds. The fourth-order valence-electron chi connectivity index (χ4n) is 3.38. The fraction of sp³-hybridized carbons (Fsp3) is 0.182. The van der Waals surface area contributed by atoms with Crippen LogP contribution in [-0.4, -0.2) is 28.8 Å². The second-order valence-electron chi connectivity index (χ2n) is 6.68. The molecule has 4 rings (SSSR count). The summed E-state index contributed by atoms with van der Waals surface area (Å²) in [5.74, 6) is 0.668. The van der Waals surface area contributed by atoms with Gasteiger partial charge in [0.1, 0.15) is 5.75 Å². The van der Waals surface area contributed by atoms with Crippen molar-refractivity contribution >= 4 is 17.6 Å². The number of hydrogen-bond donors (Lipinski definition) is 1. The van der Waals surface area contributed by atoms with Gasteiger partial charge in [-0.05, 0) is 42.2 Å². The number of fused-ring (bicyclic) bond motifs is 1. The lowest BCUT2D eigenvalue weighted by molar-refractivity contribution is 0.0962. The topological polar surface area (TPSA) is 81.2 Å². The molecule has 0 bridgehead atoms. The monoisotopic (exact) mass is 373 g/mol. The van der Waals surface area contributed by atoms with E-state index in [0.29, 0.717) is 35.4 Å². The van der Waals surface area contributed by atoms with Gasteiger partial charge in [-0.2, -0.15) is 0 Å². The van der Waals surface area contributed by atoms with E-state index < -0.39 is 0 Å². The summed E-state index contributed by atoms with van der Waals surface area (Å²) in [6, 6.07) is 16.7. The largest absolute Gasteiger partial charge is 0.497 e. The van der Waals surface area contributed by atoms with Crippen LogP contribution in [0.2, 0.25) is 0 Å². The number of ether oxygens (including phenoxy) is 1. The van der Waals surface area contributed by atoms with Crippen molar-refractivity contribution in [3.8, 4) is 5.75 Å². The van der Waals surface area contributed by atoms with Crippen LogP contribution in [0.25, 0.3) is 0 Å². The summed E-state index contributed by atoms with van der Waals surface area (Å²) in [7, 11) is 1.57. The first-order valence-corrected chi connectivity index (χ1v) is 9.03. The lowest BCUT2D eigenvalue weighted by Gasteiger charge is -2.23. The van der Waals surface area contributed by atoms with E-state index in [1.54, 1.807) is 31.4 Å². The van der Waals surface area contributed by atoms with E-state index in [0.717, 1.165) is 5.56 Å². The number of amides is 1. The van der Waals surface area contributed by atoms with Crippen LogP contribution < -0.4 is 10.1 Å². The Morgan fingerprint density at radius 1 is 1.07 bits per heavy atom. The molecule has 1 aliphatic rings. The zero-order valence-electron chi connectivity index (χ0n) is 15.4. The summed E-state index contributed by atoms with van der Waals surface area (Å²) in [5.41, 5.74) is 2.80. The number of nitrogens with one attached hydrogen (secondary N) is 1. The first-order valence-electron chi connectivity index (χ1n) is 9.03. The van der Waals surface area contributed by atoms with E-state index in [1.165, 1.54) is 6.20 Å². The summed E-state index contributed by atoms with van der Waals surface area (Å²) < 4.78 is 5.10. The number of nitrogens with zero attached hydrogens (tertiary/aromatic N) is 2. The van der Waals surface area contributed by atoms with Crippen LogP contribution in [0, 0.1) is 0 Å². The molecule has 6 nitrogen and oxygen atoms in total. The number of carbonyl (C=O) groups is 2. The van der Waals surface area contributed by atoms with Gasteiger partial charge in [0.2, 0.25) is 5.95 Å². The molecule has 0 spiro atoms. The van der Waals surface area contributed by atoms with Crippen LogP contribution >= 0.6 is 0 Å². The normalized spacial score (nSPS) is 15.6. The van der Waals surface area contributed by atoms with Crippen LogP contribution in [0.1, 0.15) is 44.3 Å². The van der Waals surface area contributed by atoms with Gasteiger partial charge in [-0.1, -0.05) is 30.3 Å². The third-order valence-electron chi connectivity index (χ3n) is 4.89. The molecule has 3 aromatic rings. The highest BCUT2D eigenvalue weighted by atomic mass is 16.5. The van der Waals surface area contributed by atoms with Crippen molar-refractivity contribution in [2.24, 2.45) is 0 Å². The molecular weight excluding hydrogens is 354 g/mol. The van der Waals surface area contributed by atoms with Crippen molar-refractivity contribution in [3.63, 3.8) is 0 Å². The lowest BCUT2D eigenvalue weighted by atomic mass is 9.82. The van der Waals surface area contributed by atoms with Gasteiger partial charge in [0.25, 0.3) is 5.91 Å². The summed E-state index contributed by atoms with van der Waals surface area (Å²) in [6.07, 6.45) is 2.59. The third-order valence-corrected chi connectivity index (χ3v) is 4.89. The molecule has 28 heavy (non-hydrogen) atoms. The molecule has 0 aliphatic heterocycles. The number of Topliss-reactive ketones (excluding diaryl/α,β-unsaturated/α-hetero) is 1. The molecule has 0 unspecified atom stereocenters. The number of methoxy groups -OCH3 is 1. The molecule has 1 aliphatic carbocycles. The highest BCUT2D eigenvalue weighted by Gasteiger charge is 2.28. The minimum atomic E-state index is -0.315. The summed E-state index contributed by atoms with van der Waals surface area (Å²) in [5, 5.41) is 2.70. The molecule has 6 heteroatoms. The molecule has 1 atom stereocenters. The smallest absolute Gasteiger partial charge is 0.258 e. The zero-order valence-corrected chi connectivity index (χ0v) is 15.4. The van der Waals surface area contributed by atoms with E-state index in [2.05, 4.69) is 15.3 Å². The summed E-state index contributed by atoms with van der Waals surface area (Å²) in [6.45, 7) is 0. The minimum absolute atomic E-state index is 0.0307. The minimum Gasteiger partial charge on any atom is -0.497 e. The van der Waals surface area contributed by atoms with Gasteiger partial charge < -0.3 is 4.74 Å². The van der Waals surface area contributed by atoms with Gasteiger partial charge in [-0.15, -0.1) is 0 Å². The van der Waals surface area contributed by atoms with E-state index >= 15 is 0 Å². The maximum atomic E-state index is 12.5. The Labute approximate surface area is 162 Å². The quantitative estimate of drug-likeness (QED) is 0.755. The number of benzene rings is 2. The number of anilines is 1. The SMILES string of the molecule is COc1ccc(C(=O)Nc2ncc3c(n2)C[C@@H](c2ccccc2)CC3=O)cc1. The zero-order chi connectivity index (χ0) is 19.5. The van der Waals surface area contributed by atoms with Crippen LogP contribution in [-0.2, 0) is 6.42 Å². The Hall–Kier alpha value is -3.54. The molecule has 1 aromatic heterocycles. The molecule has 1 N–H and O–H groups in total. The van der Waals surface area contributed by atoms with Crippen molar-refractivity contribution in [2.75, 3.05) is 12.4 Å². The van der Waals surface area contributed by atoms with Gasteiger partial charge in [0.15, 0.2) is 5.78 Å². The third kappa shape index (κ3) is 3.62. The molecular formula is C22H19N3O3. The first kappa shape index (κ1) is 17.9. The predicted molar refractivity (Wildman–Crippen MR) is 105 cm³/mol. The maximum Gasteiger partial charge on any atom is 0.258 e. The Bertz CT molecular complexity index is 1020.